The Bertz CT molecular complexity index is 447. The summed E-state index contributed by atoms with van der Waals surface area (Å²) in [7, 11) is 1.79. The van der Waals surface area contributed by atoms with Crippen molar-refractivity contribution >= 4 is 17.2 Å². The summed E-state index contributed by atoms with van der Waals surface area (Å²) in [5, 5.41) is 8.82. The summed E-state index contributed by atoms with van der Waals surface area (Å²) in [4.78, 5) is 12.7. The molecule has 0 aliphatic rings. The van der Waals surface area contributed by atoms with Crippen LogP contribution in [0, 0.1) is 0 Å². The lowest BCUT2D eigenvalue weighted by atomic mass is 10.4. The van der Waals surface area contributed by atoms with Gasteiger partial charge in [0.25, 0.3) is 5.91 Å². The lowest BCUT2D eigenvalue weighted by Gasteiger charge is -1.99. The summed E-state index contributed by atoms with van der Waals surface area (Å²) in [5.74, 6) is -0.135. The third-order valence-corrected chi connectivity index (χ3v) is 2.83. The van der Waals surface area contributed by atoms with Gasteiger partial charge >= 0.3 is 0 Å². The third kappa shape index (κ3) is 2.44. The van der Waals surface area contributed by atoms with Gasteiger partial charge in [-0.1, -0.05) is 6.07 Å². The molecule has 0 aliphatic heterocycles. The molecule has 0 bridgehead atoms. The number of aromatic nitrogens is 2. The molecule has 0 aliphatic carbocycles. The van der Waals surface area contributed by atoms with Crippen LogP contribution in [0.5, 0.6) is 0 Å². The molecule has 5 heteroatoms. The number of carbonyl (C=O) groups excluding carboxylic acids is 1. The minimum Gasteiger partial charge on any atom is -0.346 e. The maximum Gasteiger partial charge on any atom is 0.272 e. The maximum atomic E-state index is 11.6. The van der Waals surface area contributed by atoms with Crippen molar-refractivity contribution in [2.24, 2.45) is 7.05 Å². The van der Waals surface area contributed by atoms with Gasteiger partial charge < -0.3 is 5.32 Å². The highest BCUT2D eigenvalue weighted by molar-refractivity contribution is 7.09. The predicted octanol–water partition coefficient (Wildman–Crippen LogP) is 1.41. The van der Waals surface area contributed by atoms with Crippen molar-refractivity contribution in [1.82, 2.24) is 15.1 Å². The van der Waals surface area contributed by atoms with Crippen molar-refractivity contribution < 1.29 is 4.79 Å². The number of hydrogen-bond donors (Lipinski definition) is 1. The van der Waals surface area contributed by atoms with Crippen LogP contribution in [0.4, 0.5) is 0 Å². The largest absolute Gasteiger partial charge is 0.346 e. The molecule has 15 heavy (non-hydrogen) atoms. The average Bonchev–Trinajstić information content (AvgIpc) is 2.84. The summed E-state index contributed by atoms with van der Waals surface area (Å²) in [5.41, 5.74) is 0.453. The van der Waals surface area contributed by atoms with Crippen molar-refractivity contribution in [3.8, 4) is 0 Å². The van der Waals surface area contributed by atoms with Gasteiger partial charge in [0.15, 0.2) is 0 Å². The Morgan fingerprint density at radius 3 is 3.07 bits per heavy atom. The number of carbonyl (C=O) groups is 1. The Hall–Kier alpha value is -1.62. The summed E-state index contributed by atoms with van der Waals surface area (Å²) in [6.45, 7) is 0.563. The minimum absolute atomic E-state index is 0.135. The predicted molar refractivity (Wildman–Crippen MR) is 58.7 cm³/mol. The van der Waals surface area contributed by atoms with Gasteiger partial charge in [0, 0.05) is 18.1 Å². The number of nitrogens with zero attached hydrogens (tertiary/aromatic N) is 2. The normalized spacial score (nSPS) is 10.2. The summed E-state index contributed by atoms with van der Waals surface area (Å²) in [6, 6.07) is 5.65. The molecule has 2 aromatic rings. The van der Waals surface area contributed by atoms with Gasteiger partial charge in [-0.05, 0) is 17.5 Å². The van der Waals surface area contributed by atoms with E-state index >= 15 is 0 Å². The van der Waals surface area contributed by atoms with E-state index in [1.54, 1.807) is 35.3 Å². The molecule has 0 spiro atoms. The topological polar surface area (TPSA) is 46.9 Å². The second-order valence-electron chi connectivity index (χ2n) is 3.14. The fraction of sp³-hybridized carbons (Fsp3) is 0.200. The van der Waals surface area contributed by atoms with Crippen LogP contribution in [0.25, 0.3) is 0 Å². The molecule has 78 valence electrons. The fourth-order valence-corrected chi connectivity index (χ4v) is 1.85. The Morgan fingerprint density at radius 2 is 2.47 bits per heavy atom. The smallest absolute Gasteiger partial charge is 0.272 e. The van der Waals surface area contributed by atoms with Crippen molar-refractivity contribution in [1.29, 1.82) is 0 Å². The van der Waals surface area contributed by atoms with Crippen LogP contribution < -0.4 is 5.32 Å². The quantitative estimate of drug-likeness (QED) is 0.852. The number of hydrogen-bond acceptors (Lipinski definition) is 3. The number of aryl methyl sites for hydroxylation is 1. The molecule has 2 heterocycles. The molecule has 0 aromatic carbocycles. The van der Waals surface area contributed by atoms with Crippen LogP contribution in [-0.2, 0) is 13.6 Å². The average molecular weight is 221 g/mol. The van der Waals surface area contributed by atoms with E-state index in [0.717, 1.165) is 4.88 Å². The number of thiophene rings is 1. The standard InChI is InChI=1S/C10H11N3OS/c1-13-5-4-9(12-13)10(14)11-7-8-3-2-6-15-8/h2-6H,7H2,1H3,(H,11,14). The maximum absolute atomic E-state index is 11.6. The lowest BCUT2D eigenvalue weighted by Crippen LogP contribution is -2.22. The Kier molecular flexibility index (Phi) is 2.82. The molecule has 1 amide bonds. The highest BCUT2D eigenvalue weighted by Gasteiger charge is 2.07. The van der Waals surface area contributed by atoms with Crippen LogP contribution >= 0.6 is 11.3 Å². The molecule has 0 atom stereocenters. The van der Waals surface area contributed by atoms with Crippen LogP contribution in [0.15, 0.2) is 29.8 Å². The van der Waals surface area contributed by atoms with E-state index in [9.17, 15) is 4.79 Å². The van der Waals surface area contributed by atoms with Crippen LogP contribution in [-0.4, -0.2) is 15.7 Å². The third-order valence-electron chi connectivity index (χ3n) is 1.95. The first kappa shape index (κ1) is 9.92. The zero-order valence-electron chi connectivity index (χ0n) is 8.30. The van der Waals surface area contributed by atoms with Gasteiger partial charge in [0.05, 0.1) is 6.54 Å². The molecule has 0 saturated heterocycles. The second kappa shape index (κ2) is 4.27. The van der Waals surface area contributed by atoms with E-state index in [1.165, 1.54) is 0 Å². The molecule has 0 unspecified atom stereocenters. The van der Waals surface area contributed by atoms with E-state index in [4.69, 9.17) is 0 Å². The van der Waals surface area contributed by atoms with Gasteiger partial charge in [0.1, 0.15) is 5.69 Å². The van der Waals surface area contributed by atoms with E-state index in [2.05, 4.69) is 10.4 Å². The highest BCUT2D eigenvalue weighted by atomic mass is 32.1. The van der Waals surface area contributed by atoms with Gasteiger partial charge in [-0.3, -0.25) is 9.48 Å². The molecule has 0 radical (unpaired) electrons. The van der Waals surface area contributed by atoms with E-state index < -0.39 is 0 Å². The fourth-order valence-electron chi connectivity index (χ4n) is 1.21. The van der Waals surface area contributed by atoms with E-state index in [0.29, 0.717) is 12.2 Å². The lowest BCUT2D eigenvalue weighted by molar-refractivity contribution is 0.0945. The van der Waals surface area contributed by atoms with Gasteiger partial charge in [-0.15, -0.1) is 11.3 Å². The molecule has 0 saturated carbocycles. The highest BCUT2D eigenvalue weighted by Crippen LogP contribution is 2.07. The van der Waals surface area contributed by atoms with E-state index in [-0.39, 0.29) is 5.91 Å². The van der Waals surface area contributed by atoms with Crippen molar-refractivity contribution in [2.75, 3.05) is 0 Å². The van der Waals surface area contributed by atoms with E-state index in [1.807, 2.05) is 17.5 Å². The monoisotopic (exact) mass is 221 g/mol. The minimum atomic E-state index is -0.135. The van der Waals surface area contributed by atoms with Crippen LogP contribution in [0.3, 0.4) is 0 Å². The number of rotatable bonds is 3. The molecular weight excluding hydrogens is 210 g/mol. The molecule has 0 fully saturated rings. The summed E-state index contributed by atoms with van der Waals surface area (Å²) >= 11 is 1.62. The zero-order valence-corrected chi connectivity index (χ0v) is 9.12. The molecule has 2 aromatic heterocycles. The van der Waals surface area contributed by atoms with Gasteiger partial charge in [-0.25, -0.2) is 0 Å². The van der Waals surface area contributed by atoms with Crippen molar-refractivity contribution in [3.05, 3.63) is 40.3 Å². The zero-order chi connectivity index (χ0) is 10.7. The molecule has 4 nitrogen and oxygen atoms in total. The van der Waals surface area contributed by atoms with Gasteiger partial charge in [0.2, 0.25) is 0 Å². The SMILES string of the molecule is Cn1ccc(C(=O)NCc2cccs2)n1. The first-order valence-corrected chi connectivity index (χ1v) is 5.44. The molecule has 1 N–H and O–H groups in total. The first-order valence-electron chi connectivity index (χ1n) is 4.56. The Morgan fingerprint density at radius 1 is 1.60 bits per heavy atom. The number of amides is 1. The van der Waals surface area contributed by atoms with Gasteiger partial charge in [-0.2, -0.15) is 5.10 Å². The second-order valence-corrected chi connectivity index (χ2v) is 4.17. The van der Waals surface area contributed by atoms with Crippen molar-refractivity contribution in [3.63, 3.8) is 0 Å². The molecule has 2 rings (SSSR count). The Balaban J connectivity index is 1.93. The molecular formula is C10H11N3OS. The summed E-state index contributed by atoms with van der Waals surface area (Å²) < 4.78 is 1.61. The van der Waals surface area contributed by atoms with Crippen LogP contribution in [0.2, 0.25) is 0 Å². The van der Waals surface area contributed by atoms with Crippen molar-refractivity contribution in [2.45, 2.75) is 6.54 Å². The summed E-state index contributed by atoms with van der Waals surface area (Å²) in [6.07, 6.45) is 1.75. The Labute approximate surface area is 91.5 Å². The van der Waals surface area contributed by atoms with Crippen LogP contribution in [0.1, 0.15) is 15.4 Å². The number of nitrogens with one attached hydrogen (secondary N) is 1. The first-order chi connectivity index (χ1) is 7.25.